The van der Waals surface area contributed by atoms with E-state index in [1.165, 1.54) is 12.1 Å². The fourth-order valence-electron chi connectivity index (χ4n) is 2.24. The van der Waals surface area contributed by atoms with Gasteiger partial charge in [0.25, 0.3) is 0 Å². The predicted octanol–water partition coefficient (Wildman–Crippen LogP) is 4.30. The van der Waals surface area contributed by atoms with Gasteiger partial charge in [0.05, 0.1) is 0 Å². The van der Waals surface area contributed by atoms with Crippen molar-refractivity contribution in [3.63, 3.8) is 0 Å². The lowest BCUT2D eigenvalue weighted by molar-refractivity contribution is 0.581. The molecule has 3 nitrogen and oxygen atoms in total. The predicted molar refractivity (Wildman–Crippen MR) is 82.4 cm³/mol. The molecule has 0 amide bonds. The van der Waals surface area contributed by atoms with Gasteiger partial charge in [-0.1, -0.05) is 26.0 Å². The van der Waals surface area contributed by atoms with Gasteiger partial charge >= 0.3 is 0 Å². The number of benzene rings is 1. The maximum absolute atomic E-state index is 13.6. The van der Waals surface area contributed by atoms with Crippen LogP contribution in [0.25, 0.3) is 17.8 Å². The number of halogens is 2. The summed E-state index contributed by atoms with van der Waals surface area (Å²) in [4.78, 5) is 0. The van der Waals surface area contributed by atoms with Crippen molar-refractivity contribution in [3.8, 4) is 0 Å². The molecule has 0 aliphatic rings. The van der Waals surface area contributed by atoms with Gasteiger partial charge in [-0.15, -0.1) is 10.2 Å². The molecule has 5 heteroatoms. The van der Waals surface area contributed by atoms with Crippen LogP contribution in [-0.2, 0) is 0 Å². The molecular weight excluding hydrogens is 284 g/mol. The third-order valence-electron chi connectivity index (χ3n) is 3.39. The van der Waals surface area contributed by atoms with Crippen LogP contribution in [0.2, 0.25) is 0 Å². The SMILES string of the molecule is CC(C)c1nnc2ccc(C=Cc3ccc(F)cc3F)cn12. The van der Waals surface area contributed by atoms with E-state index >= 15 is 0 Å². The maximum Gasteiger partial charge on any atom is 0.160 e. The van der Waals surface area contributed by atoms with E-state index in [-0.39, 0.29) is 5.92 Å². The van der Waals surface area contributed by atoms with Crippen molar-refractivity contribution >= 4 is 17.8 Å². The molecule has 0 saturated heterocycles. The first-order valence-corrected chi connectivity index (χ1v) is 7.02. The van der Waals surface area contributed by atoms with Crippen molar-refractivity contribution in [2.75, 3.05) is 0 Å². The van der Waals surface area contributed by atoms with Gasteiger partial charge in [-0.25, -0.2) is 8.78 Å². The van der Waals surface area contributed by atoms with Gasteiger partial charge in [-0.3, -0.25) is 4.40 Å². The number of rotatable bonds is 3. The Morgan fingerprint density at radius 2 is 1.86 bits per heavy atom. The largest absolute Gasteiger partial charge is 0.286 e. The highest BCUT2D eigenvalue weighted by Crippen LogP contribution is 2.17. The molecular formula is C17H15F2N3. The Hall–Kier alpha value is -2.56. The maximum atomic E-state index is 13.6. The second-order valence-electron chi connectivity index (χ2n) is 5.40. The van der Waals surface area contributed by atoms with Crippen LogP contribution in [0.1, 0.15) is 36.7 Å². The first-order valence-electron chi connectivity index (χ1n) is 7.02. The van der Waals surface area contributed by atoms with Crippen LogP contribution in [0.4, 0.5) is 8.78 Å². The number of fused-ring (bicyclic) bond motifs is 1. The average Bonchev–Trinajstić information content (AvgIpc) is 2.89. The lowest BCUT2D eigenvalue weighted by atomic mass is 10.1. The summed E-state index contributed by atoms with van der Waals surface area (Å²) >= 11 is 0. The average molecular weight is 299 g/mol. The van der Waals surface area contributed by atoms with Crippen LogP contribution < -0.4 is 0 Å². The number of hydrogen-bond donors (Lipinski definition) is 0. The summed E-state index contributed by atoms with van der Waals surface area (Å²) < 4.78 is 28.4. The van der Waals surface area contributed by atoms with Gasteiger partial charge in [0.1, 0.15) is 17.5 Å². The van der Waals surface area contributed by atoms with Crippen LogP contribution in [0, 0.1) is 11.6 Å². The Bertz CT molecular complexity index is 850. The second kappa shape index (κ2) is 5.67. The minimum absolute atomic E-state index is 0.253. The molecule has 0 unspecified atom stereocenters. The van der Waals surface area contributed by atoms with Crippen LogP contribution >= 0.6 is 0 Å². The first kappa shape index (κ1) is 14.4. The monoisotopic (exact) mass is 299 g/mol. The van der Waals surface area contributed by atoms with Crippen molar-refractivity contribution < 1.29 is 8.78 Å². The molecule has 0 N–H and O–H groups in total. The third-order valence-corrected chi connectivity index (χ3v) is 3.39. The van der Waals surface area contributed by atoms with Gasteiger partial charge in [-0.05, 0) is 29.8 Å². The van der Waals surface area contributed by atoms with E-state index in [2.05, 4.69) is 10.2 Å². The smallest absolute Gasteiger partial charge is 0.160 e. The van der Waals surface area contributed by atoms with E-state index in [0.717, 1.165) is 23.1 Å². The molecule has 1 aromatic carbocycles. The third kappa shape index (κ3) is 2.74. The van der Waals surface area contributed by atoms with E-state index in [1.807, 2.05) is 36.6 Å². The van der Waals surface area contributed by atoms with E-state index in [0.29, 0.717) is 5.56 Å². The highest BCUT2D eigenvalue weighted by atomic mass is 19.1. The summed E-state index contributed by atoms with van der Waals surface area (Å²) in [5.74, 6) is -0.0337. The van der Waals surface area contributed by atoms with Gasteiger partial charge in [0.15, 0.2) is 5.65 Å². The Morgan fingerprint density at radius 1 is 1.05 bits per heavy atom. The van der Waals surface area contributed by atoms with Gasteiger partial charge in [-0.2, -0.15) is 0 Å². The number of nitrogens with zero attached hydrogens (tertiary/aromatic N) is 3. The normalized spacial score (nSPS) is 11.9. The molecule has 0 fully saturated rings. The van der Waals surface area contributed by atoms with Crippen LogP contribution in [0.3, 0.4) is 0 Å². The summed E-state index contributed by atoms with van der Waals surface area (Å²) in [7, 11) is 0. The van der Waals surface area contributed by atoms with Crippen molar-refractivity contribution in [2.45, 2.75) is 19.8 Å². The molecule has 3 rings (SSSR count). The molecule has 0 bridgehead atoms. The summed E-state index contributed by atoms with van der Waals surface area (Å²) in [5, 5.41) is 8.28. The van der Waals surface area contributed by atoms with Crippen molar-refractivity contribution in [2.24, 2.45) is 0 Å². The molecule has 0 saturated carbocycles. The molecule has 2 aromatic heterocycles. The summed E-state index contributed by atoms with van der Waals surface area (Å²) in [6, 6.07) is 7.27. The molecule has 2 heterocycles. The van der Waals surface area contributed by atoms with Crippen molar-refractivity contribution in [3.05, 3.63) is 65.1 Å². The van der Waals surface area contributed by atoms with E-state index in [1.54, 1.807) is 12.2 Å². The highest BCUT2D eigenvalue weighted by molar-refractivity contribution is 5.70. The summed E-state index contributed by atoms with van der Waals surface area (Å²) in [6.45, 7) is 4.10. The van der Waals surface area contributed by atoms with E-state index < -0.39 is 11.6 Å². The Labute approximate surface area is 126 Å². The minimum Gasteiger partial charge on any atom is -0.286 e. The van der Waals surface area contributed by atoms with E-state index in [4.69, 9.17) is 0 Å². The van der Waals surface area contributed by atoms with Crippen LogP contribution in [-0.4, -0.2) is 14.6 Å². The lowest BCUT2D eigenvalue weighted by Crippen LogP contribution is -1.97. The number of hydrogen-bond acceptors (Lipinski definition) is 2. The second-order valence-corrected chi connectivity index (χ2v) is 5.40. The Balaban J connectivity index is 1.96. The molecule has 0 spiro atoms. The van der Waals surface area contributed by atoms with E-state index in [9.17, 15) is 8.78 Å². The molecule has 0 radical (unpaired) electrons. The molecule has 0 aliphatic heterocycles. The Kier molecular flexibility index (Phi) is 3.71. The fraction of sp³-hybridized carbons (Fsp3) is 0.176. The van der Waals surface area contributed by atoms with Gasteiger partial charge in [0, 0.05) is 23.7 Å². The molecule has 0 aliphatic carbocycles. The molecule has 22 heavy (non-hydrogen) atoms. The fourth-order valence-corrected chi connectivity index (χ4v) is 2.24. The zero-order chi connectivity index (χ0) is 15.7. The van der Waals surface area contributed by atoms with Crippen molar-refractivity contribution in [1.82, 2.24) is 14.6 Å². The molecule has 0 atom stereocenters. The van der Waals surface area contributed by atoms with Gasteiger partial charge < -0.3 is 0 Å². The standard InChI is InChI=1S/C17H15F2N3/c1-11(2)17-21-20-16-8-4-12(10-22(16)17)3-5-13-6-7-14(18)9-15(13)19/h3-11H,1-2H3. The summed E-state index contributed by atoms with van der Waals surface area (Å²) in [6.07, 6.45) is 5.30. The van der Waals surface area contributed by atoms with Crippen LogP contribution in [0.5, 0.6) is 0 Å². The highest BCUT2D eigenvalue weighted by Gasteiger charge is 2.08. The first-order chi connectivity index (χ1) is 10.5. The topological polar surface area (TPSA) is 30.2 Å². The quantitative estimate of drug-likeness (QED) is 0.721. The number of aromatic nitrogens is 3. The summed E-state index contributed by atoms with van der Waals surface area (Å²) in [5.41, 5.74) is 2.00. The zero-order valence-electron chi connectivity index (χ0n) is 12.3. The van der Waals surface area contributed by atoms with Gasteiger partial charge in [0.2, 0.25) is 0 Å². The zero-order valence-corrected chi connectivity index (χ0v) is 12.3. The van der Waals surface area contributed by atoms with Crippen molar-refractivity contribution in [1.29, 1.82) is 0 Å². The van der Waals surface area contributed by atoms with Crippen LogP contribution in [0.15, 0.2) is 36.5 Å². The molecule has 3 aromatic rings. The lowest BCUT2D eigenvalue weighted by Gasteiger charge is -2.03. The molecule has 112 valence electrons. The minimum atomic E-state index is -0.581. The Morgan fingerprint density at radius 3 is 2.59 bits per heavy atom. The number of pyridine rings is 1.